The van der Waals surface area contributed by atoms with E-state index in [9.17, 15) is 0 Å². The van der Waals surface area contributed by atoms with Gasteiger partial charge in [0.15, 0.2) is 28.8 Å². The van der Waals surface area contributed by atoms with Gasteiger partial charge < -0.3 is 13.9 Å². The topological polar surface area (TPSA) is 57.4 Å². The lowest BCUT2D eigenvalue weighted by Crippen LogP contribution is -2.15. The molecular weight excluding hydrogens is 737 g/mol. The molecule has 0 N–H and O–H groups in total. The highest BCUT2D eigenvalue weighted by molar-refractivity contribution is 6.09. The van der Waals surface area contributed by atoms with Crippen molar-refractivity contribution in [2.24, 2.45) is 0 Å². The Bertz CT molecular complexity index is 3350. The van der Waals surface area contributed by atoms with Crippen molar-refractivity contribution in [3.63, 3.8) is 0 Å². The second-order valence-electron chi connectivity index (χ2n) is 16.1. The van der Waals surface area contributed by atoms with Gasteiger partial charge >= 0.3 is 0 Å². The van der Waals surface area contributed by atoms with Crippen LogP contribution in [0, 0.1) is 0 Å². The van der Waals surface area contributed by atoms with Crippen molar-refractivity contribution in [2.75, 3.05) is 0 Å². The van der Waals surface area contributed by atoms with Crippen molar-refractivity contribution in [1.29, 1.82) is 0 Å². The Morgan fingerprint density at radius 1 is 0.383 bits per heavy atom. The average molecular weight is 773 g/mol. The number of rotatable bonds is 5. The van der Waals surface area contributed by atoms with E-state index in [-0.39, 0.29) is 5.41 Å². The van der Waals surface area contributed by atoms with Gasteiger partial charge in [0.1, 0.15) is 11.2 Å². The molecule has 10 aromatic rings. The molecule has 8 aromatic carbocycles. The summed E-state index contributed by atoms with van der Waals surface area (Å²) >= 11 is 0. The van der Waals surface area contributed by atoms with Gasteiger partial charge in [-0.3, -0.25) is 0 Å². The molecule has 0 unspecified atom stereocenters. The SMILES string of the molecule is CC1(C)c2ccccc2-c2cc3c(cc21)Oc1ccc(-c2ccccc2-c2cc(-c4ccccc4)nc(-c4ccc(-c5cccc6c5oc5ccccc56)cc4)n2)cc1O3. The number of hydrogen-bond donors (Lipinski definition) is 0. The summed E-state index contributed by atoms with van der Waals surface area (Å²) in [5.74, 6) is 3.45. The van der Waals surface area contributed by atoms with Gasteiger partial charge in [0, 0.05) is 38.4 Å². The van der Waals surface area contributed by atoms with Gasteiger partial charge in [-0.2, -0.15) is 0 Å². The summed E-state index contributed by atoms with van der Waals surface area (Å²) in [5, 5.41) is 2.22. The van der Waals surface area contributed by atoms with Crippen LogP contribution in [-0.2, 0) is 5.41 Å². The van der Waals surface area contributed by atoms with Crippen LogP contribution < -0.4 is 9.47 Å². The molecular formula is C55H36N2O3. The van der Waals surface area contributed by atoms with Crippen LogP contribution in [0.3, 0.4) is 0 Å². The summed E-state index contributed by atoms with van der Waals surface area (Å²) in [5.41, 5.74) is 15.4. The van der Waals surface area contributed by atoms with E-state index in [0.29, 0.717) is 23.1 Å². The minimum atomic E-state index is -0.131. The number of furan rings is 1. The van der Waals surface area contributed by atoms with Gasteiger partial charge in [-0.25, -0.2) is 9.97 Å². The maximum absolute atomic E-state index is 6.67. The molecule has 0 fully saturated rings. The van der Waals surface area contributed by atoms with Crippen molar-refractivity contribution < 1.29 is 13.9 Å². The fourth-order valence-electron chi connectivity index (χ4n) is 9.15. The number of para-hydroxylation sites is 2. The van der Waals surface area contributed by atoms with Crippen molar-refractivity contribution in [2.45, 2.75) is 19.3 Å². The Balaban J connectivity index is 0.924. The van der Waals surface area contributed by atoms with E-state index in [1.807, 2.05) is 42.5 Å². The van der Waals surface area contributed by atoms with E-state index < -0.39 is 0 Å². The lowest BCUT2D eigenvalue weighted by atomic mass is 9.82. The number of ether oxygens (including phenoxy) is 2. The van der Waals surface area contributed by atoms with E-state index >= 15 is 0 Å². The van der Waals surface area contributed by atoms with Crippen LogP contribution >= 0.6 is 0 Å². The molecule has 2 aliphatic rings. The zero-order chi connectivity index (χ0) is 40.0. The number of aromatic nitrogens is 2. The lowest BCUT2D eigenvalue weighted by Gasteiger charge is -2.25. The normalized spacial score (nSPS) is 13.2. The van der Waals surface area contributed by atoms with Crippen molar-refractivity contribution in [3.05, 3.63) is 193 Å². The van der Waals surface area contributed by atoms with E-state index in [1.165, 1.54) is 22.3 Å². The smallest absolute Gasteiger partial charge is 0.170 e. The number of fused-ring (bicyclic) bond motifs is 8. The second-order valence-corrected chi connectivity index (χ2v) is 16.1. The molecule has 5 heteroatoms. The van der Waals surface area contributed by atoms with Gasteiger partial charge in [-0.05, 0) is 75.3 Å². The Kier molecular flexibility index (Phi) is 7.51. The summed E-state index contributed by atoms with van der Waals surface area (Å²) in [6.07, 6.45) is 0. The van der Waals surface area contributed by atoms with Crippen LogP contribution in [0.1, 0.15) is 25.0 Å². The van der Waals surface area contributed by atoms with Crippen molar-refractivity contribution in [3.8, 4) is 90.3 Å². The maximum atomic E-state index is 6.67. The molecule has 60 heavy (non-hydrogen) atoms. The molecule has 0 spiro atoms. The Morgan fingerprint density at radius 3 is 1.88 bits per heavy atom. The summed E-state index contributed by atoms with van der Waals surface area (Å²) in [4.78, 5) is 10.4. The number of hydrogen-bond acceptors (Lipinski definition) is 5. The molecule has 1 aliphatic heterocycles. The lowest BCUT2D eigenvalue weighted by molar-refractivity contribution is 0.359. The fraction of sp³-hybridized carbons (Fsp3) is 0.0545. The van der Waals surface area contributed by atoms with E-state index in [2.05, 4.69) is 153 Å². The first kappa shape index (κ1) is 34.3. The highest BCUT2D eigenvalue weighted by Gasteiger charge is 2.37. The van der Waals surface area contributed by atoms with Crippen molar-refractivity contribution in [1.82, 2.24) is 9.97 Å². The first-order chi connectivity index (χ1) is 29.5. The third-order valence-corrected chi connectivity index (χ3v) is 12.2. The first-order valence-electron chi connectivity index (χ1n) is 20.3. The number of benzene rings is 8. The fourth-order valence-corrected chi connectivity index (χ4v) is 9.15. The summed E-state index contributed by atoms with van der Waals surface area (Å²) < 4.78 is 19.6. The van der Waals surface area contributed by atoms with Gasteiger partial charge in [-0.15, -0.1) is 0 Å². The molecule has 0 saturated heterocycles. The van der Waals surface area contributed by atoms with Gasteiger partial charge in [-0.1, -0.05) is 159 Å². The molecule has 0 radical (unpaired) electrons. The van der Waals surface area contributed by atoms with E-state index in [1.54, 1.807) is 0 Å². The second kappa shape index (κ2) is 13.1. The Morgan fingerprint density at radius 2 is 1.02 bits per heavy atom. The highest BCUT2D eigenvalue weighted by atomic mass is 16.6. The van der Waals surface area contributed by atoms with Crippen LogP contribution in [-0.4, -0.2) is 9.97 Å². The molecule has 12 rings (SSSR count). The Labute approximate surface area is 347 Å². The van der Waals surface area contributed by atoms with Crippen molar-refractivity contribution >= 4 is 21.9 Å². The van der Waals surface area contributed by atoms with Crippen LogP contribution in [0.2, 0.25) is 0 Å². The largest absolute Gasteiger partial charge is 0.455 e. The van der Waals surface area contributed by atoms with Crippen LogP contribution in [0.4, 0.5) is 0 Å². The average Bonchev–Trinajstić information content (AvgIpc) is 3.79. The Hall–Kier alpha value is -7.76. The maximum Gasteiger partial charge on any atom is 0.170 e. The third-order valence-electron chi connectivity index (χ3n) is 12.2. The minimum absolute atomic E-state index is 0.131. The van der Waals surface area contributed by atoms with Crippen LogP contribution in [0.15, 0.2) is 186 Å². The molecule has 0 amide bonds. The van der Waals surface area contributed by atoms with Crippen LogP contribution in [0.5, 0.6) is 23.0 Å². The summed E-state index contributed by atoms with van der Waals surface area (Å²) in [7, 11) is 0. The molecule has 0 bridgehead atoms. The summed E-state index contributed by atoms with van der Waals surface area (Å²) in [6, 6.07) is 62.8. The monoisotopic (exact) mass is 772 g/mol. The first-order valence-corrected chi connectivity index (χ1v) is 20.3. The minimum Gasteiger partial charge on any atom is -0.455 e. The predicted molar refractivity (Wildman–Crippen MR) is 241 cm³/mol. The zero-order valence-electron chi connectivity index (χ0n) is 32.9. The van der Waals surface area contributed by atoms with Gasteiger partial charge in [0.05, 0.1) is 11.4 Å². The third kappa shape index (κ3) is 5.40. The molecule has 0 atom stereocenters. The quantitative estimate of drug-likeness (QED) is 0.174. The molecule has 3 heterocycles. The molecule has 1 aliphatic carbocycles. The van der Waals surface area contributed by atoms with Gasteiger partial charge in [0.25, 0.3) is 0 Å². The molecule has 284 valence electrons. The highest BCUT2D eigenvalue weighted by Crippen LogP contribution is 2.55. The standard InChI is InChI=1S/C55H36N2O3/c1-55(2)44-21-10-8-16-39(44)43-30-51-52(31-45(43)55)58-49-28-27-36(29-50(49)59-51)37-15-6-7-17-40(37)47-32-46(34-13-4-3-5-14-34)56-54(57-47)35-25-23-33(24-26-35)38-19-12-20-42-41-18-9-11-22-48(41)60-53(38)42/h3-32H,1-2H3. The number of nitrogens with zero attached hydrogens (tertiary/aromatic N) is 2. The zero-order valence-corrected chi connectivity index (χ0v) is 32.9. The predicted octanol–water partition coefficient (Wildman–Crippen LogP) is 14.9. The molecule has 0 saturated carbocycles. The van der Waals surface area contributed by atoms with Crippen LogP contribution in [0.25, 0.3) is 89.2 Å². The summed E-state index contributed by atoms with van der Waals surface area (Å²) in [6.45, 7) is 4.55. The van der Waals surface area contributed by atoms with E-state index in [0.717, 1.165) is 78.0 Å². The molecule has 2 aromatic heterocycles. The molecule has 5 nitrogen and oxygen atoms in total. The van der Waals surface area contributed by atoms with E-state index in [4.69, 9.17) is 23.9 Å². The van der Waals surface area contributed by atoms with Gasteiger partial charge in [0.2, 0.25) is 0 Å².